The van der Waals surface area contributed by atoms with E-state index < -0.39 is 0 Å². The van der Waals surface area contributed by atoms with Gasteiger partial charge in [0.1, 0.15) is 0 Å². The van der Waals surface area contributed by atoms with Crippen molar-refractivity contribution in [1.29, 1.82) is 0 Å². The largest absolute Gasteiger partial charge is 0.153 e. The summed E-state index contributed by atoms with van der Waals surface area (Å²) in [5.41, 5.74) is 2.57. The van der Waals surface area contributed by atoms with Gasteiger partial charge >= 0.3 is 0 Å². The van der Waals surface area contributed by atoms with Crippen LogP contribution in [-0.2, 0) is 11.8 Å². The number of nitrogens with zero attached hydrogens (tertiary/aromatic N) is 2. The van der Waals surface area contributed by atoms with Crippen LogP contribution < -0.4 is 0 Å². The van der Waals surface area contributed by atoms with Gasteiger partial charge in [0, 0.05) is 5.41 Å². The molecule has 0 N–H and O–H groups in total. The lowest BCUT2D eigenvalue weighted by Crippen LogP contribution is -2.25. The summed E-state index contributed by atoms with van der Waals surface area (Å²) in [7, 11) is 0. The predicted octanol–water partition coefficient (Wildman–Crippen LogP) is 2.74. The number of hydrogen-bond donors (Lipinski definition) is 0. The SMILES string of the molecule is CC1(C)CCCc2cc(Cl)nnc21. The molecule has 0 aliphatic heterocycles. The Balaban J connectivity index is 2.53. The van der Waals surface area contributed by atoms with Crippen molar-refractivity contribution in [2.75, 3.05) is 0 Å². The van der Waals surface area contributed by atoms with Gasteiger partial charge in [-0.2, -0.15) is 5.10 Å². The van der Waals surface area contributed by atoms with E-state index in [1.807, 2.05) is 6.07 Å². The minimum absolute atomic E-state index is 0.172. The third kappa shape index (κ3) is 1.55. The summed E-state index contributed by atoms with van der Waals surface area (Å²) >= 11 is 5.80. The molecule has 0 saturated carbocycles. The first-order valence-electron chi connectivity index (χ1n) is 4.62. The van der Waals surface area contributed by atoms with Crippen LogP contribution in [0.3, 0.4) is 0 Å². The summed E-state index contributed by atoms with van der Waals surface area (Å²) in [5.74, 6) is 0. The van der Waals surface area contributed by atoms with Crippen LogP contribution in [0, 0.1) is 0 Å². The first-order valence-corrected chi connectivity index (χ1v) is 5.00. The summed E-state index contributed by atoms with van der Waals surface area (Å²) < 4.78 is 0. The molecule has 1 aromatic rings. The molecular formula is C10H13ClN2. The van der Waals surface area contributed by atoms with Crippen LogP contribution in [0.4, 0.5) is 0 Å². The van der Waals surface area contributed by atoms with Crippen LogP contribution in [0.15, 0.2) is 6.07 Å². The summed E-state index contributed by atoms with van der Waals surface area (Å²) in [6, 6.07) is 1.95. The Labute approximate surface area is 83.3 Å². The first-order chi connectivity index (χ1) is 6.09. The van der Waals surface area contributed by atoms with Crippen LogP contribution in [0.25, 0.3) is 0 Å². The highest BCUT2D eigenvalue weighted by atomic mass is 35.5. The van der Waals surface area contributed by atoms with Crippen molar-refractivity contribution in [1.82, 2.24) is 10.2 Å². The average molecular weight is 197 g/mol. The Bertz CT molecular complexity index is 334. The summed E-state index contributed by atoms with van der Waals surface area (Å²) in [6.07, 6.45) is 3.51. The number of fused-ring (bicyclic) bond motifs is 1. The van der Waals surface area contributed by atoms with Crippen molar-refractivity contribution in [2.45, 2.75) is 38.5 Å². The normalized spacial score (nSPS) is 19.6. The van der Waals surface area contributed by atoms with Crippen LogP contribution in [0.2, 0.25) is 5.15 Å². The highest BCUT2D eigenvalue weighted by Gasteiger charge is 2.29. The molecule has 1 heterocycles. The van der Waals surface area contributed by atoms with Gasteiger partial charge in [-0.1, -0.05) is 25.4 Å². The third-order valence-corrected chi connectivity index (χ3v) is 2.92. The van der Waals surface area contributed by atoms with E-state index in [1.165, 1.54) is 18.4 Å². The lowest BCUT2D eigenvalue weighted by atomic mass is 9.76. The van der Waals surface area contributed by atoms with Crippen molar-refractivity contribution in [3.05, 3.63) is 22.5 Å². The van der Waals surface area contributed by atoms with Gasteiger partial charge in [0.2, 0.25) is 0 Å². The summed E-state index contributed by atoms with van der Waals surface area (Å²) in [4.78, 5) is 0. The minimum Gasteiger partial charge on any atom is -0.153 e. The van der Waals surface area contributed by atoms with E-state index in [9.17, 15) is 0 Å². The van der Waals surface area contributed by atoms with Crippen LogP contribution in [-0.4, -0.2) is 10.2 Å². The van der Waals surface area contributed by atoms with Gasteiger partial charge in [0.05, 0.1) is 5.69 Å². The molecule has 70 valence electrons. The molecule has 0 aromatic carbocycles. The number of halogens is 1. The maximum atomic E-state index is 5.80. The fourth-order valence-electron chi connectivity index (χ4n) is 2.00. The molecule has 2 nitrogen and oxygen atoms in total. The Kier molecular flexibility index (Phi) is 2.03. The Morgan fingerprint density at radius 1 is 1.38 bits per heavy atom. The van der Waals surface area contributed by atoms with E-state index in [2.05, 4.69) is 24.0 Å². The van der Waals surface area contributed by atoms with Crippen LogP contribution >= 0.6 is 11.6 Å². The maximum Gasteiger partial charge on any atom is 0.152 e. The molecule has 1 aliphatic rings. The first kappa shape index (κ1) is 8.95. The monoisotopic (exact) mass is 196 g/mol. The third-order valence-electron chi connectivity index (χ3n) is 2.73. The van der Waals surface area contributed by atoms with Crippen molar-refractivity contribution < 1.29 is 0 Å². The second kappa shape index (κ2) is 2.95. The number of rotatable bonds is 0. The van der Waals surface area contributed by atoms with Crippen LogP contribution in [0.1, 0.15) is 37.9 Å². The van der Waals surface area contributed by atoms with E-state index in [4.69, 9.17) is 11.6 Å². The highest BCUT2D eigenvalue weighted by molar-refractivity contribution is 6.29. The molecule has 3 heteroatoms. The van der Waals surface area contributed by atoms with Crippen molar-refractivity contribution in [3.63, 3.8) is 0 Å². The van der Waals surface area contributed by atoms with Crippen molar-refractivity contribution >= 4 is 11.6 Å². The van der Waals surface area contributed by atoms with Gasteiger partial charge in [-0.05, 0) is 30.9 Å². The van der Waals surface area contributed by atoms with E-state index >= 15 is 0 Å². The fourth-order valence-corrected chi connectivity index (χ4v) is 2.17. The lowest BCUT2D eigenvalue weighted by Gasteiger charge is -2.30. The molecule has 0 fully saturated rings. The molecule has 1 aromatic heterocycles. The van der Waals surface area contributed by atoms with Crippen molar-refractivity contribution in [3.8, 4) is 0 Å². The Morgan fingerprint density at radius 3 is 2.92 bits per heavy atom. The molecular weight excluding hydrogens is 184 g/mol. The van der Waals surface area contributed by atoms with E-state index in [-0.39, 0.29) is 5.41 Å². The molecule has 0 amide bonds. The smallest absolute Gasteiger partial charge is 0.152 e. The molecule has 0 atom stereocenters. The zero-order valence-electron chi connectivity index (χ0n) is 7.97. The zero-order valence-corrected chi connectivity index (χ0v) is 8.73. The number of aromatic nitrogens is 2. The topological polar surface area (TPSA) is 25.8 Å². The molecule has 13 heavy (non-hydrogen) atoms. The molecule has 2 rings (SSSR count). The predicted molar refractivity (Wildman–Crippen MR) is 53.0 cm³/mol. The van der Waals surface area contributed by atoms with E-state index in [0.717, 1.165) is 12.1 Å². The Morgan fingerprint density at radius 2 is 2.15 bits per heavy atom. The molecule has 0 unspecified atom stereocenters. The zero-order chi connectivity index (χ0) is 9.47. The number of hydrogen-bond acceptors (Lipinski definition) is 2. The molecule has 0 spiro atoms. The average Bonchev–Trinajstić information content (AvgIpc) is 2.02. The van der Waals surface area contributed by atoms with Gasteiger partial charge < -0.3 is 0 Å². The standard InChI is InChI=1S/C10H13ClN2/c1-10(2)5-3-4-7-6-8(11)12-13-9(7)10/h6H,3-5H2,1-2H3. The molecule has 0 radical (unpaired) electrons. The van der Waals surface area contributed by atoms with Gasteiger partial charge in [-0.3, -0.25) is 0 Å². The number of aryl methyl sites for hydroxylation is 1. The summed E-state index contributed by atoms with van der Waals surface area (Å²) in [5, 5.41) is 8.60. The van der Waals surface area contributed by atoms with Gasteiger partial charge in [-0.25, -0.2) is 0 Å². The lowest BCUT2D eigenvalue weighted by molar-refractivity contribution is 0.413. The molecule has 0 bridgehead atoms. The fraction of sp³-hybridized carbons (Fsp3) is 0.600. The second-order valence-electron chi connectivity index (χ2n) is 4.28. The van der Waals surface area contributed by atoms with Crippen LogP contribution in [0.5, 0.6) is 0 Å². The minimum atomic E-state index is 0.172. The van der Waals surface area contributed by atoms with Gasteiger partial charge in [0.15, 0.2) is 5.15 Å². The second-order valence-corrected chi connectivity index (χ2v) is 4.67. The molecule has 0 saturated heterocycles. The maximum absolute atomic E-state index is 5.80. The Hall–Kier alpha value is -0.630. The van der Waals surface area contributed by atoms with Gasteiger partial charge in [-0.15, -0.1) is 5.10 Å². The summed E-state index contributed by atoms with van der Waals surface area (Å²) in [6.45, 7) is 4.43. The quantitative estimate of drug-likeness (QED) is 0.638. The van der Waals surface area contributed by atoms with E-state index in [0.29, 0.717) is 5.15 Å². The van der Waals surface area contributed by atoms with Crippen molar-refractivity contribution in [2.24, 2.45) is 0 Å². The van der Waals surface area contributed by atoms with E-state index in [1.54, 1.807) is 0 Å². The molecule has 1 aliphatic carbocycles. The highest BCUT2D eigenvalue weighted by Crippen LogP contribution is 2.35. The van der Waals surface area contributed by atoms with Gasteiger partial charge in [0.25, 0.3) is 0 Å².